The number of hydrogen-bond donors (Lipinski definition) is 1. The highest BCUT2D eigenvalue weighted by Gasteiger charge is 2.15. The van der Waals surface area contributed by atoms with Crippen LogP contribution in [0.4, 0.5) is 5.69 Å². The van der Waals surface area contributed by atoms with Gasteiger partial charge in [-0.25, -0.2) is 8.42 Å². The Balaban J connectivity index is 1.57. The molecule has 8 heteroatoms. The van der Waals surface area contributed by atoms with Crippen LogP contribution in [0.5, 0.6) is 0 Å². The summed E-state index contributed by atoms with van der Waals surface area (Å²) >= 11 is 0. The van der Waals surface area contributed by atoms with Crippen LogP contribution in [-0.2, 0) is 23.5 Å². The van der Waals surface area contributed by atoms with E-state index in [4.69, 9.17) is 0 Å². The number of aryl methyl sites for hydroxylation is 2. The van der Waals surface area contributed by atoms with Crippen LogP contribution in [0.2, 0.25) is 0 Å². The second kappa shape index (κ2) is 10.5. The standard InChI is InChI=1S/C24H30N4O3S/c1-4-16-32(30,31)26-22-13-8-12-20(17-22)24(29)27(2)15-9-14-21-18-23(28(3)25-21)19-10-6-5-7-11-19/h5-8,10-13,17-18,26H,4,9,14-16H2,1-3H3. The predicted octanol–water partition coefficient (Wildman–Crippen LogP) is 3.94. The van der Waals surface area contributed by atoms with Gasteiger partial charge in [-0.2, -0.15) is 5.10 Å². The first-order valence-corrected chi connectivity index (χ1v) is 12.4. The second-order valence-electron chi connectivity index (χ2n) is 7.84. The lowest BCUT2D eigenvalue weighted by atomic mass is 10.1. The molecule has 0 aliphatic heterocycles. The number of sulfonamides is 1. The normalized spacial score (nSPS) is 11.3. The van der Waals surface area contributed by atoms with Crippen LogP contribution in [0.15, 0.2) is 60.7 Å². The largest absolute Gasteiger partial charge is 0.342 e. The third-order valence-electron chi connectivity index (χ3n) is 5.13. The van der Waals surface area contributed by atoms with E-state index in [1.54, 1.807) is 36.2 Å². The van der Waals surface area contributed by atoms with Crippen molar-refractivity contribution in [2.24, 2.45) is 7.05 Å². The Labute approximate surface area is 190 Å². The molecule has 170 valence electrons. The molecular formula is C24H30N4O3S. The summed E-state index contributed by atoms with van der Waals surface area (Å²) in [7, 11) is 0.290. The van der Waals surface area contributed by atoms with Gasteiger partial charge in [0.2, 0.25) is 10.0 Å². The highest BCUT2D eigenvalue weighted by Crippen LogP contribution is 2.20. The fourth-order valence-corrected chi connectivity index (χ4v) is 4.69. The lowest BCUT2D eigenvalue weighted by molar-refractivity contribution is 0.0793. The van der Waals surface area contributed by atoms with Gasteiger partial charge in [0, 0.05) is 31.9 Å². The number of benzene rings is 2. The van der Waals surface area contributed by atoms with Crippen LogP contribution in [0, 0.1) is 0 Å². The first-order chi connectivity index (χ1) is 15.3. The van der Waals surface area contributed by atoms with Gasteiger partial charge in [-0.3, -0.25) is 14.2 Å². The van der Waals surface area contributed by atoms with Crippen LogP contribution >= 0.6 is 0 Å². The first-order valence-electron chi connectivity index (χ1n) is 10.7. The summed E-state index contributed by atoms with van der Waals surface area (Å²) in [5, 5.41) is 4.60. The molecule has 32 heavy (non-hydrogen) atoms. The van der Waals surface area contributed by atoms with E-state index in [-0.39, 0.29) is 11.7 Å². The summed E-state index contributed by atoms with van der Waals surface area (Å²) in [6, 6.07) is 18.8. The summed E-state index contributed by atoms with van der Waals surface area (Å²) in [4.78, 5) is 14.5. The van der Waals surface area contributed by atoms with E-state index in [2.05, 4.69) is 28.0 Å². The highest BCUT2D eigenvalue weighted by molar-refractivity contribution is 7.92. The fraction of sp³-hybridized carbons (Fsp3) is 0.333. The minimum atomic E-state index is -3.40. The molecule has 1 heterocycles. The summed E-state index contributed by atoms with van der Waals surface area (Å²) < 4.78 is 28.4. The van der Waals surface area contributed by atoms with Gasteiger partial charge < -0.3 is 4.90 Å². The molecule has 0 bridgehead atoms. The number of hydrogen-bond acceptors (Lipinski definition) is 4. The summed E-state index contributed by atoms with van der Waals surface area (Å²) in [5.41, 5.74) is 4.02. The van der Waals surface area contributed by atoms with Crippen molar-refractivity contribution in [1.82, 2.24) is 14.7 Å². The quantitative estimate of drug-likeness (QED) is 0.503. The molecule has 0 atom stereocenters. The minimum absolute atomic E-state index is 0.0462. The maximum atomic E-state index is 12.8. The summed E-state index contributed by atoms with van der Waals surface area (Å²) in [5.74, 6) is -0.0996. The molecule has 0 saturated heterocycles. The lowest BCUT2D eigenvalue weighted by Gasteiger charge is -2.17. The Morgan fingerprint density at radius 2 is 1.84 bits per heavy atom. The SMILES string of the molecule is CCCS(=O)(=O)Nc1cccc(C(=O)N(C)CCCc2cc(-c3ccccc3)n(C)n2)c1. The van der Waals surface area contributed by atoms with Gasteiger partial charge in [0.05, 0.1) is 17.1 Å². The molecule has 0 saturated carbocycles. The number of nitrogens with zero attached hydrogens (tertiary/aromatic N) is 3. The molecule has 1 N–H and O–H groups in total. The third-order valence-corrected chi connectivity index (χ3v) is 6.62. The molecule has 1 amide bonds. The van der Waals surface area contributed by atoms with Crippen LogP contribution in [0.3, 0.4) is 0 Å². The Morgan fingerprint density at radius 3 is 2.56 bits per heavy atom. The minimum Gasteiger partial charge on any atom is -0.342 e. The maximum absolute atomic E-state index is 12.8. The monoisotopic (exact) mass is 454 g/mol. The number of carbonyl (C=O) groups excluding carboxylic acids is 1. The van der Waals surface area contributed by atoms with Crippen molar-refractivity contribution in [3.8, 4) is 11.3 Å². The molecule has 1 aromatic heterocycles. The van der Waals surface area contributed by atoms with Gasteiger partial charge >= 0.3 is 0 Å². The number of anilines is 1. The number of carbonyl (C=O) groups is 1. The Kier molecular flexibility index (Phi) is 7.69. The Hall–Kier alpha value is -3.13. The molecule has 7 nitrogen and oxygen atoms in total. The fourth-order valence-electron chi connectivity index (χ4n) is 3.56. The molecule has 0 aliphatic rings. The van der Waals surface area contributed by atoms with Gasteiger partial charge in [-0.15, -0.1) is 0 Å². The maximum Gasteiger partial charge on any atom is 0.253 e. The molecule has 3 aromatic rings. The molecule has 2 aromatic carbocycles. The van der Waals surface area contributed by atoms with E-state index in [1.807, 2.05) is 36.9 Å². The third kappa shape index (κ3) is 6.20. The molecule has 0 radical (unpaired) electrons. The smallest absolute Gasteiger partial charge is 0.253 e. The van der Waals surface area contributed by atoms with Crippen LogP contribution in [0.25, 0.3) is 11.3 Å². The highest BCUT2D eigenvalue weighted by atomic mass is 32.2. The predicted molar refractivity (Wildman–Crippen MR) is 128 cm³/mol. The van der Waals surface area contributed by atoms with E-state index in [0.717, 1.165) is 29.8 Å². The lowest BCUT2D eigenvalue weighted by Crippen LogP contribution is -2.28. The zero-order chi connectivity index (χ0) is 23.1. The number of amides is 1. The number of rotatable bonds is 10. The van der Waals surface area contributed by atoms with Crippen molar-refractivity contribution >= 4 is 21.6 Å². The van der Waals surface area contributed by atoms with Crippen molar-refractivity contribution in [3.05, 3.63) is 71.9 Å². The van der Waals surface area contributed by atoms with Crippen molar-refractivity contribution in [2.75, 3.05) is 24.1 Å². The Bertz CT molecular complexity index is 1160. The average molecular weight is 455 g/mol. The Morgan fingerprint density at radius 1 is 1.09 bits per heavy atom. The molecule has 0 fully saturated rings. The molecule has 3 rings (SSSR count). The van der Waals surface area contributed by atoms with Crippen LogP contribution in [-0.4, -0.2) is 48.4 Å². The molecule has 0 spiro atoms. The first kappa shape index (κ1) is 23.5. The molecule has 0 aliphatic carbocycles. The van der Waals surface area contributed by atoms with Crippen molar-refractivity contribution in [2.45, 2.75) is 26.2 Å². The van der Waals surface area contributed by atoms with E-state index in [1.165, 1.54) is 0 Å². The number of nitrogens with one attached hydrogen (secondary N) is 1. The van der Waals surface area contributed by atoms with Gasteiger partial charge in [-0.05, 0) is 49.1 Å². The second-order valence-corrected chi connectivity index (χ2v) is 9.68. The van der Waals surface area contributed by atoms with E-state index < -0.39 is 10.0 Å². The van der Waals surface area contributed by atoms with E-state index >= 15 is 0 Å². The van der Waals surface area contributed by atoms with E-state index in [0.29, 0.717) is 24.2 Å². The zero-order valence-electron chi connectivity index (χ0n) is 18.8. The summed E-state index contributed by atoms with van der Waals surface area (Å²) in [6.45, 7) is 2.38. The number of aromatic nitrogens is 2. The molecular weight excluding hydrogens is 424 g/mol. The summed E-state index contributed by atoms with van der Waals surface area (Å²) in [6.07, 6.45) is 2.06. The molecule has 0 unspecified atom stereocenters. The van der Waals surface area contributed by atoms with Gasteiger partial charge in [0.1, 0.15) is 0 Å². The average Bonchev–Trinajstić information content (AvgIpc) is 3.13. The topological polar surface area (TPSA) is 84.3 Å². The van der Waals surface area contributed by atoms with Gasteiger partial charge in [0.25, 0.3) is 5.91 Å². The van der Waals surface area contributed by atoms with Gasteiger partial charge in [-0.1, -0.05) is 43.3 Å². The van der Waals surface area contributed by atoms with Gasteiger partial charge in [0.15, 0.2) is 0 Å². The van der Waals surface area contributed by atoms with Crippen molar-refractivity contribution < 1.29 is 13.2 Å². The van der Waals surface area contributed by atoms with Crippen molar-refractivity contribution in [3.63, 3.8) is 0 Å². The van der Waals surface area contributed by atoms with Crippen LogP contribution in [0.1, 0.15) is 35.8 Å². The van der Waals surface area contributed by atoms with Crippen LogP contribution < -0.4 is 4.72 Å². The van der Waals surface area contributed by atoms with Crippen molar-refractivity contribution in [1.29, 1.82) is 0 Å². The zero-order valence-corrected chi connectivity index (χ0v) is 19.6. The van der Waals surface area contributed by atoms with E-state index in [9.17, 15) is 13.2 Å².